The Kier molecular flexibility index (Phi) is 3.51. The number of rotatable bonds is 4. The lowest BCUT2D eigenvalue weighted by molar-refractivity contribution is -0.118. The van der Waals surface area contributed by atoms with Gasteiger partial charge in [0.1, 0.15) is 5.75 Å². The molecule has 6 heteroatoms. The third kappa shape index (κ3) is 2.84. The van der Waals surface area contributed by atoms with E-state index in [0.717, 1.165) is 29.1 Å². The number of anilines is 2. The Balaban J connectivity index is 1.73. The highest BCUT2D eigenvalue weighted by Crippen LogP contribution is 2.28. The van der Waals surface area contributed by atoms with Crippen molar-refractivity contribution in [3.05, 3.63) is 35.7 Å². The van der Waals surface area contributed by atoms with Gasteiger partial charge in [-0.3, -0.25) is 9.48 Å². The van der Waals surface area contributed by atoms with Crippen LogP contribution in [0.4, 0.5) is 11.4 Å². The van der Waals surface area contributed by atoms with E-state index in [2.05, 4.69) is 22.7 Å². The van der Waals surface area contributed by atoms with Gasteiger partial charge < -0.3 is 15.4 Å². The van der Waals surface area contributed by atoms with Gasteiger partial charge >= 0.3 is 0 Å². The Morgan fingerprint density at radius 3 is 3.14 bits per heavy atom. The van der Waals surface area contributed by atoms with Crippen molar-refractivity contribution in [3.63, 3.8) is 0 Å². The zero-order valence-corrected chi connectivity index (χ0v) is 12.1. The number of carbonyl (C=O) groups is 1. The summed E-state index contributed by atoms with van der Waals surface area (Å²) >= 11 is 0. The number of hydrogen-bond acceptors (Lipinski definition) is 4. The number of amides is 1. The van der Waals surface area contributed by atoms with Crippen LogP contribution in [0.2, 0.25) is 0 Å². The first-order chi connectivity index (χ1) is 10.2. The van der Waals surface area contributed by atoms with E-state index >= 15 is 0 Å². The largest absolute Gasteiger partial charge is 0.482 e. The molecule has 110 valence electrons. The van der Waals surface area contributed by atoms with E-state index in [0.29, 0.717) is 12.3 Å². The zero-order valence-electron chi connectivity index (χ0n) is 12.1. The summed E-state index contributed by atoms with van der Waals surface area (Å²) in [4.78, 5) is 11.3. The molecule has 0 radical (unpaired) electrons. The van der Waals surface area contributed by atoms with Crippen LogP contribution < -0.4 is 15.4 Å². The van der Waals surface area contributed by atoms with Gasteiger partial charge in [-0.25, -0.2) is 0 Å². The first-order valence-electron chi connectivity index (χ1n) is 6.97. The van der Waals surface area contributed by atoms with Crippen LogP contribution in [-0.2, 0) is 24.8 Å². The number of aromatic nitrogens is 2. The molecule has 0 bridgehead atoms. The molecular weight excluding hydrogens is 268 g/mol. The minimum absolute atomic E-state index is 0.0835. The Bertz CT molecular complexity index is 678. The standard InChI is InChI=1S/C15H18N4O2/c1-3-11-13(8-19(2)18-11)16-7-10-4-5-14-12(6-10)17-15(20)9-21-14/h4-6,8,16H,3,7,9H2,1-2H3,(H,17,20). The van der Waals surface area contributed by atoms with E-state index in [9.17, 15) is 4.79 Å². The second-order valence-electron chi connectivity index (χ2n) is 5.04. The molecule has 3 rings (SSSR count). The maximum Gasteiger partial charge on any atom is 0.262 e. The average molecular weight is 286 g/mol. The van der Waals surface area contributed by atoms with Gasteiger partial charge in [-0.2, -0.15) is 5.10 Å². The average Bonchev–Trinajstić information content (AvgIpc) is 2.84. The van der Waals surface area contributed by atoms with E-state index < -0.39 is 0 Å². The maximum atomic E-state index is 11.3. The van der Waals surface area contributed by atoms with E-state index in [1.807, 2.05) is 36.1 Å². The summed E-state index contributed by atoms with van der Waals surface area (Å²) in [6.07, 6.45) is 2.86. The first kappa shape index (κ1) is 13.5. The van der Waals surface area contributed by atoms with Crippen molar-refractivity contribution in [2.24, 2.45) is 7.05 Å². The summed E-state index contributed by atoms with van der Waals surface area (Å²) in [6, 6.07) is 5.81. The van der Waals surface area contributed by atoms with E-state index in [4.69, 9.17) is 4.74 Å². The number of ether oxygens (including phenoxy) is 1. The van der Waals surface area contributed by atoms with Gasteiger partial charge in [-0.1, -0.05) is 13.0 Å². The van der Waals surface area contributed by atoms with E-state index in [1.54, 1.807) is 0 Å². The number of fused-ring (bicyclic) bond motifs is 1. The molecule has 1 aliphatic rings. The van der Waals surface area contributed by atoms with E-state index in [1.165, 1.54) is 0 Å². The smallest absolute Gasteiger partial charge is 0.262 e. The lowest BCUT2D eigenvalue weighted by Crippen LogP contribution is -2.25. The molecule has 2 aromatic rings. The fraction of sp³-hybridized carbons (Fsp3) is 0.333. The normalized spacial score (nSPS) is 13.3. The lowest BCUT2D eigenvalue weighted by atomic mass is 10.1. The van der Waals surface area contributed by atoms with Gasteiger partial charge in [-0.15, -0.1) is 0 Å². The Hall–Kier alpha value is -2.50. The van der Waals surface area contributed by atoms with Crippen molar-refractivity contribution in [1.29, 1.82) is 0 Å². The highest BCUT2D eigenvalue weighted by Gasteiger charge is 2.16. The second kappa shape index (κ2) is 5.47. The Labute approximate surface area is 123 Å². The third-order valence-electron chi connectivity index (χ3n) is 3.40. The molecular formula is C15H18N4O2. The van der Waals surface area contributed by atoms with Gasteiger partial charge in [0, 0.05) is 19.8 Å². The SMILES string of the molecule is CCc1nn(C)cc1NCc1ccc2c(c1)NC(=O)CO2. The van der Waals surface area contributed by atoms with Gasteiger partial charge in [0.05, 0.1) is 17.1 Å². The molecule has 0 saturated heterocycles. The van der Waals surface area contributed by atoms with Crippen LogP contribution in [0.3, 0.4) is 0 Å². The number of hydrogen-bond donors (Lipinski definition) is 2. The molecule has 0 saturated carbocycles. The number of nitrogens with zero attached hydrogens (tertiary/aromatic N) is 2. The molecule has 21 heavy (non-hydrogen) atoms. The minimum Gasteiger partial charge on any atom is -0.482 e. The van der Waals surface area contributed by atoms with Crippen molar-refractivity contribution >= 4 is 17.3 Å². The number of aryl methyl sites for hydroxylation is 2. The quantitative estimate of drug-likeness (QED) is 0.901. The molecule has 0 spiro atoms. The van der Waals surface area contributed by atoms with Gasteiger partial charge in [0.2, 0.25) is 0 Å². The van der Waals surface area contributed by atoms with Crippen molar-refractivity contribution in [1.82, 2.24) is 9.78 Å². The Morgan fingerprint density at radius 1 is 1.48 bits per heavy atom. The minimum atomic E-state index is -0.117. The number of carbonyl (C=O) groups excluding carboxylic acids is 1. The second-order valence-corrected chi connectivity index (χ2v) is 5.04. The van der Waals surface area contributed by atoms with Crippen LogP contribution in [0.1, 0.15) is 18.2 Å². The lowest BCUT2D eigenvalue weighted by Gasteiger charge is -2.18. The fourth-order valence-corrected chi connectivity index (χ4v) is 2.38. The first-order valence-corrected chi connectivity index (χ1v) is 6.97. The van der Waals surface area contributed by atoms with Crippen molar-refractivity contribution < 1.29 is 9.53 Å². The maximum absolute atomic E-state index is 11.3. The van der Waals surface area contributed by atoms with Crippen LogP contribution in [0.5, 0.6) is 5.75 Å². The van der Waals surface area contributed by atoms with Gasteiger partial charge in [0.25, 0.3) is 5.91 Å². The number of nitrogens with one attached hydrogen (secondary N) is 2. The summed E-state index contributed by atoms with van der Waals surface area (Å²) < 4.78 is 7.16. The zero-order chi connectivity index (χ0) is 14.8. The molecule has 1 aromatic heterocycles. The third-order valence-corrected chi connectivity index (χ3v) is 3.40. The van der Waals surface area contributed by atoms with Crippen molar-refractivity contribution in [2.45, 2.75) is 19.9 Å². The van der Waals surface area contributed by atoms with Crippen LogP contribution >= 0.6 is 0 Å². The van der Waals surface area contributed by atoms with Gasteiger partial charge in [-0.05, 0) is 24.1 Å². The highest BCUT2D eigenvalue weighted by atomic mass is 16.5. The predicted molar refractivity (Wildman–Crippen MR) is 80.5 cm³/mol. The fourth-order valence-electron chi connectivity index (χ4n) is 2.38. The summed E-state index contributed by atoms with van der Waals surface area (Å²) in [5.41, 5.74) is 3.89. The predicted octanol–water partition coefficient (Wildman–Crippen LogP) is 1.93. The van der Waals surface area contributed by atoms with Crippen molar-refractivity contribution in [2.75, 3.05) is 17.2 Å². The Morgan fingerprint density at radius 2 is 2.33 bits per heavy atom. The van der Waals surface area contributed by atoms with Crippen LogP contribution in [-0.4, -0.2) is 22.3 Å². The number of benzene rings is 1. The van der Waals surface area contributed by atoms with Crippen LogP contribution in [0.15, 0.2) is 24.4 Å². The molecule has 0 fully saturated rings. The molecule has 1 aliphatic heterocycles. The summed E-state index contributed by atoms with van der Waals surface area (Å²) in [5, 5.41) is 10.6. The van der Waals surface area contributed by atoms with Crippen molar-refractivity contribution in [3.8, 4) is 5.75 Å². The van der Waals surface area contributed by atoms with Crippen LogP contribution in [0, 0.1) is 0 Å². The summed E-state index contributed by atoms with van der Waals surface area (Å²) in [5.74, 6) is 0.599. The monoisotopic (exact) mass is 286 g/mol. The molecule has 0 aliphatic carbocycles. The molecule has 6 nitrogen and oxygen atoms in total. The highest BCUT2D eigenvalue weighted by molar-refractivity contribution is 5.95. The molecule has 1 amide bonds. The topological polar surface area (TPSA) is 68.2 Å². The van der Waals surface area contributed by atoms with Gasteiger partial charge in [0.15, 0.2) is 6.61 Å². The van der Waals surface area contributed by atoms with E-state index in [-0.39, 0.29) is 12.5 Å². The molecule has 2 heterocycles. The molecule has 1 aromatic carbocycles. The summed E-state index contributed by atoms with van der Waals surface area (Å²) in [6.45, 7) is 2.83. The van der Waals surface area contributed by atoms with Crippen LogP contribution in [0.25, 0.3) is 0 Å². The molecule has 2 N–H and O–H groups in total. The molecule has 0 atom stereocenters. The molecule has 0 unspecified atom stereocenters. The summed E-state index contributed by atoms with van der Waals surface area (Å²) in [7, 11) is 1.91.